The zero-order chi connectivity index (χ0) is 9.14. The minimum absolute atomic E-state index is 0.393. The van der Waals surface area contributed by atoms with Gasteiger partial charge in [0.2, 0.25) is 0 Å². The summed E-state index contributed by atoms with van der Waals surface area (Å²) in [6.07, 6.45) is 3.65. The highest BCUT2D eigenvalue weighted by molar-refractivity contribution is 5.59. The molecule has 0 aliphatic heterocycles. The molecule has 2 heteroatoms. The summed E-state index contributed by atoms with van der Waals surface area (Å²) >= 11 is 0. The summed E-state index contributed by atoms with van der Waals surface area (Å²) in [5, 5.41) is 0. The summed E-state index contributed by atoms with van der Waals surface area (Å²) in [5.74, 6) is 1.28. The van der Waals surface area contributed by atoms with E-state index in [1.54, 1.807) is 0 Å². The average Bonchev–Trinajstić information content (AvgIpc) is 2.04. The lowest BCUT2D eigenvalue weighted by molar-refractivity contribution is 0.772. The Labute approximate surface area is 73.4 Å². The standard InChI is InChI=1S/C10H14N2/c1-7(2)9-5-11-10(8(3)4)12-6-9/h5-6,8H,1H2,2-4H3. The molecule has 0 saturated heterocycles. The SMILES string of the molecule is C=C(C)c1cnc(C(C)C)nc1. The van der Waals surface area contributed by atoms with Gasteiger partial charge in [0.15, 0.2) is 0 Å². The van der Waals surface area contributed by atoms with Gasteiger partial charge in [0, 0.05) is 23.9 Å². The number of hydrogen-bond donors (Lipinski definition) is 0. The van der Waals surface area contributed by atoms with Gasteiger partial charge in [-0.2, -0.15) is 0 Å². The van der Waals surface area contributed by atoms with Crippen molar-refractivity contribution >= 4 is 5.57 Å². The van der Waals surface area contributed by atoms with Gasteiger partial charge in [0.25, 0.3) is 0 Å². The number of allylic oxidation sites excluding steroid dienone is 1. The predicted octanol–water partition coefficient (Wildman–Crippen LogP) is 2.63. The molecule has 64 valence electrons. The molecule has 2 nitrogen and oxygen atoms in total. The molecule has 0 radical (unpaired) electrons. The van der Waals surface area contributed by atoms with E-state index >= 15 is 0 Å². The summed E-state index contributed by atoms with van der Waals surface area (Å²) in [6.45, 7) is 9.93. The number of aromatic nitrogens is 2. The Bertz CT molecular complexity index is 272. The van der Waals surface area contributed by atoms with Gasteiger partial charge < -0.3 is 0 Å². The Balaban J connectivity index is 2.93. The zero-order valence-corrected chi connectivity index (χ0v) is 7.83. The molecule has 0 aromatic carbocycles. The van der Waals surface area contributed by atoms with Gasteiger partial charge in [-0.25, -0.2) is 9.97 Å². The summed E-state index contributed by atoms with van der Waals surface area (Å²) in [5.41, 5.74) is 2.02. The largest absolute Gasteiger partial charge is 0.240 e. The van der Waals surface area contributed by atoms with E-state index in [0.717, 1.165) is 17.0 Å². The molecule has 1 heterocycles. The van der Waals surface area contributed by atoms with E-state index in [0.29, 0.717) is 5.92 Å². The van der Waals surface area contributed by atoms with Crippen LogP contribution in [-0.4, -0.2) is 9.97 Å². The number of hydrogen-bond acceptors (Lipinski definition) is 2. The third-order valence-electron chi connectivity index (χ3n) is 1.68. The van der Waals surface area contributed by atoms with Crippen molar-refractivity contribution in [3.05, 3.63) is 30.4 Å². The molecule has 0 aliphatic carbocycles. The topological polar surface area (TPSA) is 25.8 Å². The van der Waals surface area contributed by atoms with E-state index < -0.39 is 0 Å². The fraction of sp³-hybridized carbons (Fsp3) is 0.400. The maximum atomic E-state index is 4.23. The molecule has 0 N–H and O–H groups in total. The summed E-state index contributed by atoms with van der Waals surface area (Å²) < 4.78 is 0. The second-order valence-corrected chi connectivity index (χ2v) is 3.26. The second-order valence-electron chi connectivity index (χ2n) is 3.26. The van der Waals surface area contributed by atoms with Gasteiger partial charge in [0.1, 0.15) is 5.82 Å². The maximum Gasteiger partial charge on any atom is 0.130 e. The molecule has 1 aromatic heterocycles. The van der Waals surface area contributed by atoms with Gasteiger partial charge in [-0.15, -0.1) is 0 Å². The van der Waals surface area contributed by atoms with Crippen molar-refractivity contribution < 1.29 is 0 Å². The van der Waals surface area contributed by atoms with Crippen LogP contribution in [0.3, 0.4) is 0 Å². The first kappa shape index (κ1) is 8.91. The van der Waals surface area contributed by atoms with Crippen LogP contribution in [0.5, 0.6) is 0 Å². The number of nitrogens with zero attached hydrogens (tertiary/aromatic N) is 2. The second kappa shape index (κ2) is 3.48. The minimum Gasteiger partial charge on any atom is -0.240 e. The van der Waals surface area contributed by atoms with Crippen LogP contribution in [0.15, 0.2) is 19.0 Å². The predicted molar refractivity (Wildman–Crippen MR) is 50.8 cm³/mol. The first-order chi connectivity index (χ1) is 5.61. The van der Waals surface area contributed by atoms with E-state index in [1.165, 1.54) is 0 Å². The monoisotopic (exact) mass is 162 g/mol. The Morgan fingerprint density at radius 3 is 2.17 bits per heavy atom. The first-order valence-corrected chi connectivity index (χ1v) is 4.09. The highest BCUT2D eigenvalue weighted by Gasteiger charge is 2.01. The smallest absolute Gasteiger partial charge is 0.130 e. The molecule has 0 bridgehead atoms. The van der Waals surface area contributed by atoms with Gasteiger partial charge in [-0.1, -0.05) is 20.4 Å². The molecule has 0 saturated carbocycles. The highest BCUT2D eigenvalue weighted by atomic mass is 14.9. The fourth-order valence-electron chi connectivity index (χ4n) is 0.857. The van der Waals surface area contributed by atoms with Crippen LogP contribution in [0.1, 0.15) is 38.1 Å². The molecule has 0 spiro atoms. The Kier molecular flexibility index (Phi) is 2.58. The lowest BCUT2D eigenvalue weighted by atomic mass is 10.1. The molecule has 0 atom stereocenters. The number of rotatable bonds is 2. The summed E-state index contributed by atoms with van der Waals surface area (Å²) in [4.78, 5) is 8.46. The maximum absolute atomic E-state index is 4.23. The quantitative estimate of drug-likeness (QED) is 0.668. The Morgan fingerprint density at radius 1 is 1.33 bits per heavy atom. The third kappa shape index (κ3) is 1.91. The first-order valence-electron chi connectivity index (χ1n) is 4.09. The highest BCUT2D eigenvalue weighted by Crippen LogP contribution is 2.11. The molecule has 12 heavy (non-hydrogen) atoms. The van der Waals surface area contributed by atoms with Crippen molar-refractivity contribution in [3.8, 4) is 0 Å². The normalized spacial score (nSPS) is 10.3. The zero-order valence-electron chi connectivity index (χ0n) is 7.83. The van der Waals surface area contributed by atoms with Crippen LogP contribution in [0.25, 0.3) is 5.57 Å². The minimum atomic E-state index is 0.393. The van der Waals surface area contributed by atoms with Crippen LogP contribution in [0, 0.1) is 0 Å². The summed E-state index contributed by atoms with van der Waals surface area (Å²) in [6, 6.07) is 0. The van der Waals surface area contributed by atoms with Crippen LogP contribution in [0.2, 0.25) is 0 Å². The van der Waals surface area contributed by atoms with E-state index in [2.05, 4.69) is 30.4 Å². The average molecular weight is 162 g/mol. The molecule has 1 rings (SSSR count). The van der Waals surface area contributed by atoms with Crippen molar-refractivity contribution in [1.82, 2.24) is 9.97 Å². The molecule has 0 unspecified atom stereocenters. The van der Waals surface area contributed by atoms with Crippen molar-refractivity contribution in [2.75, 3.05) is 0 Å². The molecule has 0 aliphatic rings. The van der Waals surface area contributed by atoms with Gasteiger partial charge >= 0.3 is 0 Å². The third-order valence-corrected chi connectivity index (χ3v) is 1.68. The molecular weight excluding hydrogens is 148 g/mol. The lowest BCUT2D eigenvalue weighted by Gasteiger charge is -2.03. The van der Waals surface area contributed by atoms with E-state index in [1.807, 2.05) is 19.3 Å². The summed E-state index contributed by atoms with van der Waals surface area (Å²) in [7, 11) is 0. The van der Waals surface area contributed by atoms with Crippen LogP contribution < -0.4 is 0 Å². The van der Waals surface area contributed by atoms with Gasteiger partial charge in [-0.3, -0.25) is 0 Å². The van der Waals surface area contributed by atoms with Crippen molar-refractivity contribution in [3.63, 3.8) is 0 Å². The van der Waals surface area contributed by atoms with Crippen LogP contribution >= 0.6 is 0 Å². The lowest BCUT2D eigenvalue weighted by Crippen LogP contribution is -1.97. The molecule has 1 aromatic rings. The van der Waals surface area contributed by atoms with E-state index in [4.69, 9.17) is 0 Å². The van der Waals surface area contributed by atoms with Gasteiger partial charge in [-0.05, 0) is 12.5 Å². The van der Waals surface area contributed by atoms with E-state index in [-0.39, 0.29) is 0 Å². The van der Waals surface area contributed by atoms with Gasteiger partial charge in [0.05, 0.1) is 0 Å². The molecular formula is C10H14N2. The van der Waals surface area contributed by atoms with Crippen molar-refractivity contribution in [2.24, 2.45) is 0 Å². The van der Waals surface area contributed by atoms with Crippen LogP contribution in [0.4, 0.5) is 0 Å². The fourth-order valence-corrected chi connectivity index (χ4v) is 0.857. The van der Waals surface area contributed by atoms with Crippen LogP contribution in [-0.2, 0) is 0 Å². The van der Waals surface area contributed by atoms with Crippen molar-refractivity contribution in [2.45, 2.75) is 26.7 Å². The molecule has 0 amide bonds. The Morgan fingerprint density at radius 2 is 1.83 bits per heavy atom. The Hall–Kier alpha value is -1.18. The van der Waals surface area contributed by atoms with E-state index in [9.17, 15) is 0 Å². The van der Waals surface area contributed by atoms with Crippen molar-refractivity contribution in [1.29, 1.82) is 0 Å². The molecule has 0 fully saturated rings.